The van der Waals surface area contributed by atoms with Gasteiger partial charge in [0.05, 0.1) is 4.83 Å². The van der Waals surface area contributed by atoms with E-state index in [1.54, 1.807) is 0 Å². The molecule has 0 fully saturated rings. The average Bonchev–Trinajstić information content (AvgIpc) is 2.29. The van der Waals surface area contributed by atoms with Crippen molar-refractivity contribution in [1.82, 2.24) is 5.32 Å². The first-order valence-corrected chi connectivity index (χ1v) is 6.97. The van der Waals surface area contributed by atoms with Crippen molar-refractivity contribution < 1.29 is 4.79 Å². The predicted molar refractivity (Wildman–Crippen MR) is 75.3 cm³/mol. The number of amides is 1. The van der Waals surface area contributed by atoms with Gasteiger partial charge in [0.1, 0.15) is 0 Å². The first-order chi connectivity index (χ1) is 8.09. The van der Waals surface area contributed by atoms with Gasteiger partial charge in [-0.15, -0.1) is 0 Å². The Morgan fingerprint density at radius 1 is 1.29 bits per heavy atom. The summed E-state index contributed by atoms with van der Waals surface area (Å²) >= 11 is 3.42. The van der Waals surface area contributed by atoms with Crippen LogP contribution in [0.25, 0.3) is 0 Å². The number of halogens is 1. The molecule has 0 radical (unpaired) electrons. The van der Waals surface area contributed by atoms with E-state index >= 15 is 0 Å². The van der Waals surface area contributed by atoms with E-state index in [4.69, 9.17) is 0 Å². The van der Waals surface area contributed by atoms with Crippen LogP contribution >= 0.6 is 15.9 Å². The Hall–Kier alpha value is -0.830. The zero-order valence-corrected chi connectivity index (χ0v) is 12.0. The maximum atomic E-state index is 11.7. The first-order valence-electron chi connectivity index (χ1n) is 6.05. The van der Waals surface area contributed by atoms with Gasteiger partial charge in [-0.2, -0.15) is 0 Å². The topological polar surface area (TPSA) is 29.1 Å². The number of rotatable bonds is 6. The van der Waals surface area contributed by atoms with Crippen LogP contribution in [0.4, 0.5) is 0 Å². The van der Waals surface area contributed by atoms with E-state index in [0.717, 1.165) is 12.8 Å². The molecule has 0 aliphatic heterocycles. The fourth-order valence-electron chi connectivity index (χ4n) is 1.61. The lowest BCUT2D eigenvalue weighted by Gasteiger charge is -2.12. The number of carbonyl (C=O) groups excluding carboxylic acids is 1. The van der Waals surface area contributed by atoms with Gasteiger partial charge in [0, 0.05) is 6.54 Å². The molecule has 0 heterocycles. The largest absolute Gasteiger partial charge is 0.355 e. The second kappa shape index (κ2) is 7.49. The van der Waals surface area contributed by atoms with Crippen LogP contribution in [0, 0.1) is 5.92 Å². The highest BCUT2D eigenvalue weighted by atomic mass is 79.9. The summed E-state index contributed by atoms with van der Waals surface area (Å²) in [6.45, 7) is 4.93. The highest BCUT2D eigenvalue weighted by Gasteiger charge is 2.15. The fourth-order valence-corrected chi connectivity index (χ4v) is 2.52. The van der Waals surface area contributed by atoms with Crippen molar-refractivity contribution >= 4 is 21.8 Å². The Bertz CT molecular complexity index is 337. The molecular weight excluding hydrogens is 278 g/mol. The van der Waals surface area contributed by atoms with E-state index in [2.05, 4.69) is 47.2 Å². The van der Waals surface area contributed by atoms with E-state index < -0.39 is 0 Å². The molecule has 1 amide bonds. The van der Waals surface area contributed by atoms with Gasteiger partial charge >= 0.3 is 0 Å². The fraction of sp³-hybridized carbons (Fsp3) is 0.500. The highest BCUT2D eigenvalue weighted by Crippen LogP contribution is 2.12. The summed E-state index contributed by atoms with van der Waals surface area (Å²) in [6, 6.07) is 10.2. The SMILES string of the molecule is CC(C)CC(Br)C(=O)NCCc1ccccc1. The molecule has 0 saturated carbocycles. The number of nitrogens with one attached hydrogen (secondary N) is 1. The second-order valence-electron chi connectivity index (χ2n) is 4.62. The Kier molecular flexibility index (Phi) is 6.27. The molecule has 1 atom stereocenters. The van der Waals surface area contributed by atoms with E-state index in [1.165, 1.54) is 5.56 Å². The molecule has 0 aliphatic rings. The zero-order chi connectivity index (χ0) is 12.7. The lowest BCUT2D eigenvalue weighted by molar-refractivity contribution is -0.120. The summed E-state index contributed by atoms with van der Waals surface area (Å²) in [5, 5.41) is 2.95. The predicted octanol–water partition coefficient (Wildman–Crippen LogP) is 3.15. The van der Waals surface area contributed by atoms with Crippen LogP contribution < -0.4 is 5.32 Å². The summed E-state index contributed by atoms with van der Waals surface area (Å²) in [6.07, 6.45) is 1.76. The standard InChI is InChI=1S/C14H20BrNO/c1-11(2)10-13(15)14(17)16-9-8-12-6-4-3-5-7-12/h3-7,11,13H,8-10H2,1-2H3,(H,16,17). The maximum Gasteiger partial charge on any atom is 0.233 e. The third-order valence-corrected chi connectivity index (χ3v) is 3.31. The summed E-state index contributed by atoms with van der Waals surface area (Å²) in [5.41, 5.74) is 1.25. The molecule has 1 N–H and O–H groups in total. The minimum atomic E-state index is -0.0710. The van der Waals surface area contributed by atoms with Crippen LogP contribution in [0.2, 0.25) is 0 Å². The molecule has 1 aromatic carbocycles. The number of carbonyl (C=O) groups is 1. The van der Waals surface area contributed by atoms with Crippen LogP contribution in [-0.2, 0) is 11.2 Å². The normalized spacial score (nSPS) is 12.5. The van der Waals surface area contributed by atoms with E-state index in [9.17, 15) is 4.79 Å². The van der Waals surface area contributed by atoms with Crippen LogP contribution in [0.3, 0.4) is 0 Å². The van der Waals surface area contributed by atoms with Gasteiger partial charge in [-0.3, -0.25) is 4.79 Å². The van der Waals surface area contributed by atoms with Gasteiger partial charge < -0.3 is 5.32 Å². The van der Waals surface area contributed by atoms with Crippen molar-refractivity contribution in [2.75, 3.05) is 6.54 Å². The minimum absolute atomic E-state index is 0.0710. The number of benzene rings is 1. The highest BCUT2D eigenvalue weighted by molar-refractivity contribution is 9.10. The molecule has 94 valence electrons. The summed E-state index contributed by atoms with van der Waals surface area (Å²) in [7, 11) is 0. The molecular formula is C14H20BrNO. The molecule has 0 bridgehead atoms. The maximum absolute atomic E-state index is 11.7. The van der Waals surface area contributed by atoms with Crippen molar-refractivity contribution in [3.63, 3.8) is 0 Å². The van der Waals surface area contributed by atoms with Gasteiger partial charge in [-0.05, 0) is 24.3 Å². The van der Waals surface area contributed by atoms with E-state index in [-0.39, 0.29) is 10.7 Å². The molecule has 0 spiro atoms. The Labute approximate surface area is 112 Å². The van der Waals surface area contributed by atoms with Gasteiger partial charge in [-0.1, -0.05) is 60.1 Å². The molecule has 1 aromatic rings. The number of hydrogen-bond donors (Lipinski definition) is 1. The van der Waals surface area contributed by atoms with Crippen molar-refractivity contribution in [2.45, 2.75) is 31.5 Å². The van der Waals surface area contributed by atoms with E-state index in [0.29, 0.717) is 12.5 Å². The van der Waals surface area contributed by atoms with Crippen LogP contribution in [0.1, 0.15) is 25.8 Å². The number of alkyl halides is 1. The van der Waals surface area contributed by atoms with Crippen molar-refractivity contribution in [3.8, 4) is 0 Å². The molecule has 17 heavy (non-hydrogen) atoms. The molecule has 0 saturated heterocycles. The van der Waals surface area contributed by atoms with Gasteiger partial charge in [0.2, 0.25) is 5.91 Å². The monoisotopic (exact) mass is 297 g/mol. The van der Waals surface area contributed by atoms with Crippen LogP contribution in [0.15, 0.2) is 30.3 Å². The molecule has 2 nitrogen and oxygen atoms in total. The van der Waals surface area contributed by atoms with Crippen molar-refractivity contribution in [3.05, 3.63) is 35.9 Å². The number of hydrogen-bond acceptors (Lipinski definition) is 1. The first kappa shape index (κ1) is 14.2. The second-order valence-corrected chi connectivity index (χ2v) is 5.73. The zero-order valence-electron chi connectivity index (χ0n) is 10.4. The molecule has 0 aromatic heterocycles. The van der Waals surface area contributed by atoms with Crippen LogP contribution in [0.5, 0.6) is 0 Å². The van der Waals surface area contributed by atoms with Gasteiger partial charge in [-0.25, -0.2) is 0 Å². The summed E-state index contributed by atoms with van der Waals surface area (Å²) in [5.74, 6) is 0.619. The summed E-state index contributed by atoms with van der Waals surface area (Å²) in [4.78, 5) is 11.6. The lowest BCUT2D eigenvalue weighted by atomic mass is 10.1. The Morgan fingerprint density at radius 2 is 1.94 bits per heavy atom. The third-order valence-electron chi connectivity index (χ3n) is 2.52. The lowest BCUT2D eigenvalue weighted by Crippen LogP contribution is -2.33. The Morgan fingerprint density at radius 3 is 2.53 bits per heavy atom. The van der Waals surface area contributed by atoms with Crippen molar-refractivity contribution in [1.29, 1.82) is 0 Å². The average molecular weight is 298 g/mol. The van der Waals surface area contributed by atoms with Gasteiger partial charge in [0.15, 0.2) is 0 Å². The summed E-state index contributed by atoms with van der Waals surface area (Å²) < 4.78 is 0. The van der Waals surface area contributed by atoms with Gasteiger partial charge in [0.25, 0.3) is 0 Å². The third kappa shape index (κ3) is 5.87. The Balaban J connectivity index is 2.24. The molecule has 3 heteroatoms. The smallest absolute Gasteiger partial charge is 0.233 e. The van der Waals surface area contributed by atoms with Crippen LogP contribution in [-0.4, -0.2) is 17.3 Å². The molecule has 0 aliphatic carbocycles. The molecule has 1 rings (SSSR count). The van der Waals surface area contributed by atoms with Crippen molar-refractivity contribution in [2.24, 2.45) is 5.92 Å². The quantitative estimate of drug-likeness (QED) is 0.803. The van der Waals surface area contributed by atoms with E-state index in [1.807, 2.05) is 18.2 Å². The molecule has 1 unspecified atom stereocenters. The minimum Gasteiger partial charge on any atom is -0.355 e.